The van der Waals surface area contributed by atoms with E-state index in [0.717, 1.165) is 51.0 Å². The fourth-order valence-electron chi connectivity index (χ4n) is 3.33. The van der Waals surface area contributed by atoms with Crippen LogP contribution in [-0.2, 0) is 13.1 Å². The van der Waals surface area contributed by atoms with Gasteiger partial charge in [-0.2, -0.15) is 0 Å². The molecule has 3 rings (SSSR count). The highest BCUT2D eigenvalue weighted by molar-refractivity contribution is 14.0. The van der Waals surface area contributed by atoms with Gasteiger partial charge in [-0.1, -0.05) is 30.3 Å². The number of pyridine rings is 1. The van der Waals surface area contributed by atoms with Crippen LogP contribution in [0, 0.1) is 0 Å². The molecule has 1 saturated heterocycles. The minimum Gasteiger partial charge on any atom is -0.353 e. The van der Waals surface area contributed by atoms with Crippen LogP contribution < -0.4 is 10.2 Å². The topological polar surface area (TPSA) is 47.0 Å². The van der Waals surface area contributed by atoms with Crippen molar-refractivity contribution in [1.82, 2.24) is 20.1 Å². The van der Waals surface area contributed by atoms with Gasteiger partial charge in [-0.25, -0.2) is 4.98 Å². The van der Waals surface area contributed by atoms with E-state index in [4.69, 9.17) is 0 Å². The molecule has 2 heterocycles. The Hall–Kier alpha value is -1.87. The number of nitrogens with one attached hydrogen (secondary N) is 1. The van der Waals surface area contributed by atoms with Crippen LogP contribution in [0.2, 0.25) is 0 Å². The van der Waals surface area contributed by atoms with E-state index in [1.165, 1.54) is 11.1 Å². The molecule has 0 aliphatic carbocycles. The molecule has 1 N–H and O–H groups in total. The molecule has 2 aromatic rings. The number of nitrogens with zero attached hydrogens (tertiary/aromatic N) is 5. The summed E-state index contributed by atoms with van der Waals surface area (Å²) >= 11 is 0. The highest BCUT2D eigenvalue weighted by atomic mass is 127. The van der Waals surface area contributed by atoms with Crippen molar-refractivity contribution < 1.29 is 0 Å². The summed E-state index contributed by atoms with van der Waals surface area (Å²) in [5.41, 5.74) is 2.60. The Labute approximate surface area is 185 Å². The maximum Gasteiger partial charge on any atom is 0.194 e. The van der Waals surface area contributed by atoms with Crippen LogP contribution in [0.5, 0.6) is 0 Å². The van der Waals surface area contributed by atoms with Crippen molar-refractivity contribution in [2.75, 3.05) is 52.2 Å². The van der Waals surface area contributed by atoms with Gasteiger partial charge in [0.2, 0.25) is 0 Å². The van der Waals surface area contributed by atoms with E-state index in [2.05, 4.69) is 74.4 Å². The van der Waals surface area contributed by atoms with Crippen molar-refractivity contribution >= 4 is 35.8 Å². The molecule has 0 amide bonds. The van der Waals surface area contributed by atoms with E-state index < -0.39 is 0 Å². The van der Waals surface area contributed by atoms with E-state index in [1.54, 1.807) is 0 Å². The first-order chi connectivity index (χ1) is 13.2. The number of benzene rings is 1. The number of piperazine rings is 1. The zero-order chi connectivity index (χ0) is 19.1. The van der Waals surface area contributed by atoms with E-state index in [-0.39, 0.29) is 24.0 Å². The number of hydrogen-bond donors (Lipinski definition) is 1. The van der Waals surface area contributed by atoms with E-state index in [0.29, 0.717) is 0 Å². The summed E-state index contributed by atoms with van der Waals surface area (Å²) in [6.45, 7) is 5.55. The van der Waals surface area contributed by atoms with E-state index >= 15 is 0 Å². The van der Waals surface area contributed by atoms with Gasteiger partial charge in [0.05, 0.1) is 0 Å². The Morgan fingerprint density at radius 1 is 1.04 bits per heavy atom. The largest absolute Gasteiger partial charge is 0.353 e. The van der Waals surface area contributed by atoms with Crippen molar-refractivity contribution in [1.29, 1.82) is 0 Å². The number of guanidine groups is 1. The number of halogens is 1. The minimum atomic E-state index is 0. The summed E-state index contributed by atoms with van der Waals surface area (Å²) in [6.07, 6.45) is 1.85. The third kappa shape index (κ3) is 6.34. The number of aromatic nitrogens is 1. The zero-order valence-corrected chi connectivity index (χ0v) is 19.3. The molecule has 0 radical (unpaired) electrons. The average molecular weight is 494 g/mol. The molecular weight excluding hydrogens is 463 g/mol. The van der Waals surface area contributed by atoms with Crippen LogP contribution in [0.15, 0.2) is 53.7 Å². The van der Waals surface area contributed by atoms with Gasteiger partial charge in [0.25, 0.3) is 0 Å². The van der Waals surface area contributed by atoms with Crippen molar-refractivity contribution in [2.45, 2.75) is 13.1 Å². The molecule has 0 saturated carbocycles. The smallest absolute Gasteiger partial charge is 0.194 e. The van der Waals surface area contributed by atoms with Crippen LogP contribution >= 0.6 is 24.0 Å². The minimum absolute atomic E-state index is 0. The van der Waals surface area contributed by atoms with Crippen LogP contribution in [0.3, 0.4) is 0 Å². The van der Waals surface area contributed by atoms with Crippen LogP contribution in [0.4, 0.5) is 5.82 Å². The predicted octanol–water partition coefficient (Wildman–Crippen LogP) is 2.66. The van der Waals surface area contributed by atoms with Gasteiger partial charge in [0.15, 0.2) is 5.96 Å². The van der Waals surface area contributed by atoms with Gasteiger partial charge in [0.1, 0.15) is 5.82 Å². The first kappa shape index (κ1) is 22.4. The Bertz CT molecular complexity index is 724. The molecule has 152 valence electrons. The fourth-order valence-corrected chi connectivity index (χ4v) is 3.33. The summed E-state index contributed by atoms with van der Waals surface area (Å²) in [4.78, 5) is 15.8. The molecule has 1 fully saturated rings. The average Bonchev–Trinajstić information content (AvgIpc) is 2.70. The SMILES string of the molecule is CN=C(NCc1ccc(CN(C)C)cc1)N1CCN(c2ccccn2)CC1.I. The maximum atomic E-state index is 4.47. The fraction of sp³-hybridized carbons (Fsp3) is 0.429. The van der Waals surface area contributed by atoms with Gasteiger partial charge < -0.3 is 20.0 Å². The van der Waals surface area contributed by atoms with Gasteiger partial charge in [-0.15, -0.1) is 24.0 Å². The Kier molecular flexibility index (Phi) is 8.98. The maximum absolute atomic E-state index is 4.47. The second-order valence-electron chi connectivity index (χ2n) is 7.12. The second-order valence-corrected chi connectivity index (χ2v) is 7.12. The van der Waals surface area contributed by atoms with Gasteiger partial charge in [-0.3, -0.25) is 4.99 Å². The van der Waals surface area contributed by atoms with Crippen molar-refractivity contribution in [3.8, 4) is 0 Å². The summed E-state index contributed by atoms with van der Waals surface area (Å²) < 4.78 is 0. The molecular formula is C21H31IN6. The lowest BCUT2D eigenvalue weighted by Gasteiger charge is -2.37. The van der Waals surface area contributed by atoms with E-state index in [9.17, 15) is 0 Å². The lowest BCUT2D eigenvalue weighted by atomic mass is 10.1. The predicted molar refractivity (Wildman–Crippen MR) is 127 cm³/mol. The lowest BCUT2D eigenvalue weighted by molar-refractivity contribution is 0.371. The van der Waals surface area contributed by atoms with Crippen LogP contribution in [0.1, 0.15) is 11.1 Å². The normalized spacial score (nSPS) is 14.8. The molecule has 28 heavy (non-hydrogen) atoms. The Morgan fingerprint density at radius 2 is 1.71 bits per heavy atom. The monoisotopic (exact) mass is 494 g/mol. The first-order valence-corrected chi connectivity index (χ1v) is 9.50. The van der Waals surface area contributed by atoms with Crippen molar-refractivity contribution in [3.05, 3.63) is 59.8 Å². The van der Waals surface area contributed by atoms with Crippen molar-refractivity contribution in [3.63, 3.8) is 0 Å². The third-order valence-corrected chi connectivity index (χ3v) is 4.74. The van der Waals surface area contributed by atoms with Crippen LogP contribution in [-0.4, -0.2) is 68.1 Å². The van der Waals surface area contributed by atoms with Gasteiger partial charge in [-0.05, 0) is 37.4 Å². The first-order valence-electron chi connectivity index (χ1n) is 9.50. The van der Waals surface area contributed by atoms with Gasteiger partial charge in [0, 0.05) is 52.5 Å². The second kappa shape index (κ2) is 11.2. The third-order valence-electron chi connectivity index (χ3n) is 4.74. The number of hydrogen-bond acceptors (Lipinski definition) is 4. The molecule has 0 unspecified atom stereocenters. The standard InChI is InChI=1S/C21H30N6.HI/c1-22-21(24-16-18-7-9-19(10-8-18)17-25(2)3)27-14-12-26(13-15-27)20-6-4-5-11-23-20;/h4-11H,12-17H2,1-3H3,(H,22,24);1H. The number of anilines is 1. The van der Waals surface area contributed by atoms with Gasteiger partial charge >= 0.3 is 0 Å². The molecule has 1 aromatic heterocycles. The molecule has 0 spiro atoms. The van der Waals surface area contributed by atoms with E-state index in [1.807, 2.05) is 25.4 Å². The number of rotatable bonds is 5. The molecule has 1 aliphatic heterocycles. The molecule has 1 aliphatic rings. The molecule has 1 aromatic carbocycles. The lowest BCUT2D eigenvalue weighted by Crippen LogP contribution is -2.52. The van der Waals surface area contributed by atoms with Crippen molar-refractivity contribution in [2.24, 2.45) is 4.99 Å². The Balaban J connectivity index is 0.00000280. The molecule has 7 heteroatoms. The molecule has 0 bridgehead atoms. The summed E-state index contributed by atoms with van der Waals surface area (Å²) in [5.74, 6) is 2.02. The summed E-state index contributed by atoms with van der Waals surface area (Å²) in [7, 11) is 6.04. The molecule has 0 atom stereocenters. The molecule has 6 nitrogen and oxygen atoms in total. The van der Waals surface area contributed by atoms with Crippen LogP contribution in [0.25, 0.3) is 0 Å². The quantitative estimate of drug-likeness (QED) is 0.394. The zero-order valence-electron chi connectivity index (χ0n) is 17.0. The Morgan fingerprint density at radius 3 is 2.29 bits per heavy atom. The highest BCUT2D eigenvalue weighted by Crippen LogP contribution is 2.13. The summed E-state index contributed by atoms with van der Waals surface area (Å²) in [5, 5.41) is 3.50. The summed E-state index contributed by atoms with van der Waals surface area (Å²) in [6, 6.07) is 14.9. The number of aliphatic imine (C=N–C) groups is 1. The highest BCUT2D eigenvalue weighted by Gasteiger charge is 2.20.